The molecule has 0 fully saturated rings. The molecule has 6 nitrogen and oxygen atoms in total. The fourth-order valence-corrected chi connectivity index (χ4v) is 3.67. The number of amides is 1. The third-order valence-electron chi connectivity index (χ3n) is 5.25. The number of nitrogens with one attached hydrogen (secondary N) is 1. The van der Waals surface area contributed by atoms with Crippen molar-refractivity contribution < 1.29 is 27.4 Å². The molecule has 4 aromatic rings. The van der Waals surface area contributed by atoms with Crippen LogP contribution in [0.5, 0.6) is 17.2 Å². The third-order valence-corrected chi connectivity index (χ3v) is 5.25. The Hall–Kier alpha value is -4.01. The van der Waals surface area contributed by atoms with Gasteiger partial charge in [0, 0.05) is 6.20 Å². The number of carbonyl (C=O) groups is 1. The molecule has 0 aliphatic rings. The van der Waals surface area contributed by atoms with Crippen molar-refractivity contribution in [1.29, 1.82) is 0 Å². The van der Waals surface area contributed by atoms with E-state index in [1.165, 1.54) is 24.3 Å². The van der Waals surface area contributed by atoms with E-state index in [-0.39, 0.29) is 17.7 Å². The van der Waals surface area contributed by atoms with Gasteiger partial charge in [0.1, 0.15) is 28.6 Å². The maximum atomic E-state index is 12.8. The fourth-order valence-electron chi connectivity index (χ4n) is 3.67. The normalized spacial score (nSPS) is 12.4. The SMILES string of the molecule is CCc1cc(Oc2ccc(OC(F)(F)F)cc2)ccc1C(C)NC(=O)c1cnc2ccccn12. The van der Waals surface area contributed by atoms with Crippen molar-refractivity contribution in [3.8, 4) is 17.2 Å². The zero-order valence-corrected chi connectivity index (χ0v) is 18.5. The van der Waals surface area contributed by atoms with Gasteiger partial charge in [0.2, 0.25) is 0 Å². The van der Waals surface area contributed by atoms with E-state index in [2.05, 4.69) is 15.0 Å². The molecule has 0 aliphatic carbocycles. The molecule has 1 unspecified atom stereocenters. The van der Waals surface area contributed by atoms with E-state index in [1.54, 1.807) is 22.9 Å². The van der Waals surface area contributed by atoms with Gasteiger partial charge in [-0.1, -0.05) is 19.1 Å². The summed E-state index contributed by atoms with van der Waals surface area (Å²) in [5.74, 6) is 0.346. The van der Waals surface area contributed by atoms with E-state index in [1.807, 2.05) is 44.2 Å². The molecule has 0 saturated carbocycles. The van der Waals surface area contributed by atoms with Crippen LogP contribution in [-0.4, -0.2) is 21.7 Å². The summed E-state index contributed by atoms with van der Waals surface area (Å²) in [5.41, 5.74) is 3.04. The summed E-state index contributed by atoms with van der Waals surface area (Å²) < 4.78 is 48.3. The van der Waals surface area contributed by atoms with Gasteiger partial charge in [-0.15, -0.1) is 13.2 Å². The van der Waals surface area contributed by atoms with Crippen molar-refractivity contribution >= 4 is 11.6 Å². The van der Waals surface area contributed by atoms with E-state index in [0.717, 1.165) is 11.1 Å². The summed E-state index contributed by atoms with van der Waals surface area (Å²) in [5, 5.41) is 3.01. The number of imidazole rings is 1. The second-order valence-electron chi connectivity index (χ2n) is 7.60. The molecule has 0 saturated heterocycles. The molecule has 2 aromatic carbocycles. The van der Waals surface area contributed by atoms with Gasteiger partial charge in [0.15, 0.2) is 0 Å². The zero-order valence-electron chi connectivity index (χ0n) is 18.5. The van der Waals surface area contributed by atoms with Gasteiger partial charge in [0.25, 0.3) is 5.91 Å². The molecule has 1 amide bonds. The molecule has 34 heavy (non-hydrogen) atoms. The number of aromatic nitrogens is 2. The quantitative estimate of drug-likeness (QED) is 0.356. The molecule has 0 aliphatic heterocycles. The van der Waals surface area contributed by atoms with Crippen LogP contribution in [0.25, 0.3) is 5.65 Å². The van der Waals surface area contributed by atoms with Gasteiger partial charge in [-0.25, -0.2) is 4.98 Å². The standard InChI is InChI=1S/C25H22F3N3O3/c1-3-17-14-20(33-18-7-9-19(10-8-18)34-25(26,27)28)11-12-21(17)16(2)30-24(32)22-15-29-23-6-4-5-13-31(22)23/h4-16H,3H2,1-2H3,(H,30,32). The van der Waals surface area contributed by atoms with E-state index in [0.29, 0.717) is 29.3 Å². The van der Waals surface area contributed by atoms with Gasteiger partial charge in [-0.3, -0.25) is 9.20 Å². The Morgan fingerprint density at radius 2 is 1.76 bits per heavy atom. The van der Waals surface area contributed by atoms with E-state index < -0.39 is 6.36 Å². The Balaban J connectivity index is 1.46. The van der Waals surface area contributed by atoms with E-state index >= 15 is 0 Å². The van der Waals surface area contributed by atoms with Gasteiger partial charge >= 0.3 is 6.36 Å². The Morgan fingerprint density at radius 3 is 2.47 bits per heavy atom. The predicted octanol–water partition coefficient (Wildman–Crippen LogP) is 6.08. The van der Waals surface area contributed by atoms with E-state index in [9.17, 15) is 18.0 Å². The molecule has 0 radical (unpaired) electrons. The second kappa shape index (κ2) is 9.46. The van der Waals surface area contributed by atoms with Crippen LogP contribution >= 0.6 is 0 Å². The molecule has 4 rings (SSSR count). The van der Waals surface area contributed by atoms with Crippen LogP contribution in [0.2, 0.25) is 0 Å². The number of alkyl halides is 3. The molecule has 0 spiro atoms. The molecular weight excluding hydrogens is 447 g/mol. The Bertz CT molecular complexity index is 1300. The van der Waals surface area contributed by atoms with Crippen LogP contribution in [0, 0.1) is 0 Å². The van der Waals surface area contributed by atoms with Crippen molar-refractivity contribution in [2.45, 2.75) is 32.7 Å². The number of pyridine rings is 1. The number of hydrogen-bond donors (Lipinski definition) is 1. The number of halogens is 3. The van der Waals surface area contributed by atoms with Crippen molar-refractivity contribution in [1.82, 2.24) is 14.7 Å². The summed E-state index contributed by atoms with van der Waals surface area (Å²) in [4.78, 5) is 17.1. The first-order valence-corrected chi connectivity index (χ1v) is 10.6. The first-order chi connectivity index (χ1) is 16.2. The topological polar surface area (TPSA) is 64.9 Å². The number of fused-ring (bicyclic) bond motifs is 1. The summed E-state index contributed by atoms with van der Waals surface area (Å²) in [6, 6.07) is 15.9. The minimum absolute atomic E-state index is 0.241. The van der Waals surface area contributed by atoms with Gasteiger partial charge < -0.3 is 14.8 Å². The van der Waals surface area contributed by atoms with Crippen LogP contribution in [0.1, 0.15) is 41.5 Å². The average molecular weight is 469 g/mol. The number of rotatable bonds is 7. The van der Waals surface area contributed by atoms with Gasteiger partial charge in [-0.2, -0.15) is 0 Å². The van der Waals surface area contributed by atoms with Crippen LogP contribution < -0.4 is 14.8 Å². The monoisotopic (exact) mass is 469 g/mol. The van der Waals surface area contributed by atoms with Crippen LogP contribution in [0.15, 0.2) is 73.1 Å². The highest BCUT2D eigenvalue weighted by Gasteiger charge is 2.31. The van der Waals surface area contributed by atoms with Crippen LogP contribution in [-0.2, 0) is 6.42 Å². The number of benzene rings is 2. The Labute approximate surface area is 194 Å². The highest BCUT2D eigenvalue weighted by atomic mass is 19.4. The number of carbonyl (C=O) groups excluding carboxylic acids is 1. The summed E-state index contributed by atoms with van der Waals surface area (Å²) in [6.45, 7) is 3.89. The molecule has 176 valence electrons. The Kier molecular flexibility index (Phi) is 6.45. The fraction of sp³-hybridized carbons (Fsp3) is 0.200. The van der Waals surface area contributed by atoms with E-state index in [4.69, 9.17) is 4.74 Å². The molecular formula is C25H22F3N3O3. The van der Waals surface area contributed by atoms with Gasteiger partial charge in [0.05, 0.1) is 12.2 Å². The second-order valence-corrected chi connectivity index (χ2v) is 7.60. The summed E-state index contributed by atoms with van der Waals surface area (Å²) in [7, 11) is 0. The van der Waals surface area contributed by atoms with Crippen molar-refractivity contribution in [2.75, 3.05) is 0 Å². The minimum Gasteiger partial charge on any atom is -0.457 e. The lowest BCUT2D eigenvalue weighted by atomic mass is 9.99. The first kappa shape index (κ1) is 23.2. The molecule has 1 N–H and O–H groups in total. The highest BCUT2D eigenvalue weighted by Crippen LogP contribution is 2.30. The Morgan fingerprint density at radius 1 is 1.06 bits per heavy atom. The molecule has 2 aromatic heterocycles. The van der Waals surface area contributed by atoms with Gasteiger partial charge in [-0.05, 0) is 73.0 Å². The molecule has 9 heteroatoms. The van der Waals surface area contributed by atoms with Crippen molar-refractivity contribution in [2.24, 2.45) is 0 Å². The number of aryl methyl sites for hydroxylation is 1. The lowest BCUT2D eigenvalue weighted by molar-refractivity contribution is -0.274. The number of hydrogen-bond acceptors (Lipinski definition) is 4. The molecule has 0 bridgehead atoms. The zero-order chi connectivity index (χ0) is 24.3. The largest absolute Gasteiger partial charge is 0.573 e. The third kappa shape index (κ3) is 5.31. The maximum absolute atomic E-state index is 12.8. The average Bonchev–Trinajstić information content (AvgIpc) is 3.23. The lowest BCUT2D eigenvalue weighted by Crippen LogP contribution is -2.28. The van der Waals surface area contributed by atoms with Crippen LogP contribution in [0.4, 0.5) is 13.2 Å². The molecule has 2 heterocycles. The van der Waals surface area contributed by atoms with Crippen molar-refractivity contribution in [3.63, 3.8) is 0 Å². The smallest absolute Gasteiger partial charge is 0.457 e. The summed E-state index contributed by atoms with van der Waals surface area (Å²) in [6.07, 6.45) is -0.723. The first-order valence-electron chi connectivity index (χ1n) is 10.6. The minimum atomic E-state index is -4.74. The number of nitrogens with zero attached hydrogens (tertiary/aromatic N) is 2. The predicted molar refractivity (Wildman–Crippen MR) is 120 cm³/mol. The maximum Gasteiger partial charge on any atom is 0.573 e. The summed E-state index contributed by atoms with van der Waals surface area (Å²) >= 11 is 0. The van der Waals surface area contributed by atoms with Crippen molar-refractivity contribution in [3.05, 3.63) is 89.9 Å². The highest BCUT2D eigenvalue weighted by molar-refractivity contribution is 5.93. The number of ether oxygens (including phenoxy) is 2. The lowest BCUT2D eigenvalue weighted by Gasteiger charge is -2.19. The van der Waals surface area contributed by atoms with Crippen LogP contribution in [0.3, 0.4) is 0 Å². The molecule has 1 atom stereocenters.